The summed E-state index contributed by atoms with van der Waals surface area (Å²) in [6.45, 7) is 4.78. The molecule has 0 spiro atoms. The Labute approximate surface area is 120 Å². The molecule has 1 saturated heterocycles. The van der Waals surface area contributed by atoms with Crippen molar-refractivity contribution in [1.82, 2.24) is 9.97 Å². The molecule has 1 aromatic rings. The van der Waals surface area contributed by atoms with Crippen LogP contribution in [0.2, 0.25) is 0 Å². The van der Waals surface area contributed by atoms with E-state index in [4.69, 9.17) is 0 Å². The van der Waals surface area contributed by atoms with Crippen LogP contribution in [0.15, 0.2) is 12.3 Å². The Kier molecular flexibility index (Phi) is 3.90. The normalized spacial score (nSPS) is 21.3. The van der Waals surface area contributed by atoms with E-state index in [1.807, 2.05) is 30.0 Å². The molecule has 0 aromatic carbocycles. The maximum atomic E-state index is 12.2. The second-order valence-corrected chi connectivity index (χ2v) is 8.67. The Bertz CT molecular complexity index is 584. The van der Waals surface area contributed by atoms with Crippen molar-refractivity contribution in [3.8, 4) is 0 Å². The van der Waals surface area contributed by atoms with Gasteiger partial charge in [0.25, 0.3) is 0 Å². The molecule has 1 fully saturated rings. The second kappa shape index (κ2) is 5.20. The Morgan fingerprint density at radius 2 is 2.00 bits per heavy atom. The quantitative estimate of drug-likeness (QED) is 0.810. The molecule has 20 heavy (non-hydrogen) atoms. The largest absolute Gasteiger partial charge is 0.355 e. The number of sulfone groups is 1. The molecule has 0 aliphatic carbocycles. The number of rotatable bonds is 2. The number of hydrogen-bond acceptors (Lipinski definition) is 6. The van der Waals surface area contributed by atoms with E-state index in [9.17, 15) is 8.42 Å². The first kappa shape index (κ1) is 15.0. The minimum absolute atomic E-state index is 0.168. The standard InChI is InChI=1S/C13H22N4O2S/c1-13(2)6-8-17(9-10-20(13,18)19)11-5-7-14-12(15-11)16(3)4/h5,7H,6,8-10H2,1-4H3. The molecule has 0 N–H and O–H groups in total. The minimum atomic E-state index is -3.06. The van der Waals surface area contributed by atoms with Crippen molar-refractivity contribution in [2.24, 2.45) is 0 Å². The van der Waals surface area contributed by atoms with E-state index < -0.39 is 14.6 Å². The molecule has 112 valence electrons. The van der Waals surface area contributed by atoms with E-state index in [1.54, 1.807) is 20.0 Å². The molecule has 0 bridgehead atoms. The van der Waals surface area contributed by atoms with Crippen LogP contribution in [0.5, 0.6) is 0 Å². The zero-order valence-corrected chi connectivity index (χ0v) is 13.3. The SMILES string of the molecule is CN(C)c1nccc(N2CCC(C)(C)S(=O)(=O)CC2)n1. The summed E-state index contributed by atoms with van der Waals surface area (Å²) >= 11 is 0. The van der Waals surface area contributed by atoms with E-state index in [1.165, 1.54) is 0 Å². The van der Waals surface area contributed by atoms with Crippen LogP contribution in [-0.2, 0) is 9.84 Å². The van der Waals surface area contributed by atoms with Gasteiger partial charge in [0.2, 0.25) is 5.95 Å². The monoisotopic (exact) mass is 298 g/mol. The third-order valence-corrected chi connectivity index (χ3v) is 6.42. The van der Waals surface area contributed by atoms with E-state index in [0.717, 1.165) is 5.82 Å². The van der Waals surface area contributed by atoms with Crippen LogP contribution in [0.4, 0.5) is 11.8 Å². The summed E-state index contributed by atoms with van der Waals surface area (Å²) in [5.74, 6) is 1.59. The zero-order chi connectivity index (χ0) is 15.0. The summed E-state index contributed by atoms with van der Waals surface area (Å²) < 4.78 is 23.7. The van der Waals surface area contributed by atoms with Gasteiger partial charge < -0.3 is 9.80 Å². The third-order valence-electron chi connectivity index (χ3n) is 3.81. The van der Waals surface area contributed by atoms with Crippen molar-refractivity contribution < 1.29 is 8.42 Å². The molecular formula is C13H22N4O2S. The Balaban J connectivity index is 2.25. The number of aromatic nitrogens is 2. The average molecular weight is 298 g/mol. The van der Waals surface area contributed by atoms with Gasteiger partial charge in [0.15, 0.2) is 9.84 Å². The van der Waals surface area contributed by atoms with Crippen molar-refractivity contribution in [1.29, 1.82) is 0 Å². The van der Waals surface area contributed by atoms with Gasteiger partial charge in [-0.3, -0.25) is 0 Å². The van der Waals surface area contributed by atoms with Crippen LogP contribution in [0.3, 0.4) is 0 Å². The van der Waals surface area contributed by atoms with E-state index in [0.29, 0.717) is 25.5 Å². The van der Waals surface area contributed by atoms with Crippen molar-refractivity contribution >= 4 is 21.6 Å². The first-order chi connectivity index (χ1) is 9.23. The molecule has 0 radical (unpaired) electrons. The zero-order valence-electron chi connectivity index (χ0n) is 12.5. The van der Waals surface area contributed by atoms with Gasteiger partial charge in [0.05, 0.1) is 10.5 Å². The van der Waals surface area contributed by atoms with Crippen LogP contribution in [0.1, 0.15) is 20.3 Å². The highest BCUT2D eigenvalue weighted by molar-refractivity contribution is 7.92. The molecular weight excluding hydrogens is 276 g/mol. The smallest absolute Gasteiger partial charge is 0.226 e. The van der Waals surface area contributed by atoms with Crippen LogP contribution in [-0.4, -0.2) is 56.1 Å². The molecule has 0 unspecified atom stereocenters. The van der Waals surface area contributed by atoms with Crippen molar-refractivity contribution in [2.45, 2.75) is 25.0 Å². The number of nitrogens with zero attached hydrogens (tertiary/aromatic N) is 4. The molecule has 1 aliphatic heterocycles. The summed E-state index contributed by atoms with van der Waals surface area (Å²) in [6.07, 6.45) is 2.32. The summed E-state index contributed by atoms with van der Waals surface area (Å²) in [5.41, 5.74) is 0. The lowest BCUT2D eigenvalue weighted by atomic mass is 10.1. The molecule has 0 amide bonds. The fourth-order valence-corrected chi connectivity index (χ4v) is 3.55. The van der Waals surface area contributed by atoms with Gasteiger partial charge in [0, 0.05) is 33.4 Å². The van der Waals surface area contributed by atoms with Gasteiger partial charge in [-0.05, 0) is 26.3 Å². The van der Waals surface area contributed by atoms with Crippen molar-refractivity contribution in [3.05, 3.63) is 12.3 Å². The van der Waals surface area contributed by atoms with Gasteiger partial charge in [0.1, 0.15) is 5.82 Å². The lowest BCUT2D eigenvalue weighted by Gasteiger charge is -2.23. The van der Waals surface area contributed by atoms with Gasteiger partial charge in [-0.25, -0.2) is 13.4 Å². The van der Waals surface area contributed by atoms with Crippen LogP contribution < -0.4 is 9.80 Å². The predicted molar refractivity (Wildman–Crippen MR) is 81.1 cm³/mol. The third kappa shape index (κ3) is 2.87. The highest BCUT2D eigenvalue weighted by Gasteiger charge is 2.37. The Morgan fingerprint density at radius 1 is 1.30 bits per heavy atom. The van der Waals surface area contributed by atoms with Gasteiger partial charge in [-0.1, -0.05) is 0 Å². The maximum Gasteiger partial charge on any atom is 0.226 e. The topological polar surface area (TPSA) is 66.4 Å². The molecule has 2 rings (SSSR count). The van der Waals surface area contributed by atoms with E-state index >= 15 is 0 Å². The van der Waals surface area contributed by atoms with Gasteiger partial charge in [-0.2, -0.15) is 4.98 Å². The Morgan fingerprint density at radius 3 is 2.65 bits per heavy atom. The number of anilines is 2. The van der Waals surface area contributed by atoms with Gasteiger partial charge >= 0.3 is 0 Å². The number of hydrogen-bond donors (Lipinski definition) is 0. The Hall–Kier alpha value is -1.37. The molecule has 7 heteroatoms. The lowest BCUT2D eigenvalue weighted by Crippen LogP contribution is -2.33. The second-order valence-electron chi connectivity index (χ2n) is 5.92. The molecule has 0 atom stereocenters. The van der Waals surface area contributed by atoms with Crippen LogP contribution in [0.25, 0.3) is 0 Å². The minimum Gasteiger partial charge on any atom is -0.355 e. The molecule has 6 nitrogen and oxygen atoms in total. The fraction of sp³-hybridized carbons (Fsp3) is 0.692. The summed E-state index contributed by atoms with van der Waals surface area (Å²) in [7, 11) is 0.708. The molecule has 1 aliphatic rings. The van der Waals surface area contributed by atoms with E-state index in [-0.39, 0.29) is 5.75 Å². The summed E-state index contributed by atoms with van der Waals surface area (Å²) in [4.78, 5) is 12.5. The first-order valence-corrected chi connectivity index (χ1v) is 8.36. The predicted octanol–water partition coefficient (Wildman–Crippen LogP) is 0.946. The van der Waals surface area contributed by atoms with Crippen LogP contribution >= 0.6 is 0 Å². The first-order valence-electron chi connectivity index (χ1n) is 6.70. The lowest BCUT2D eigenvalue weighted by molar-refractivity contribution is 0.538. The highest BCUT2D eigenvalue weighted by Crippen LogP contribution is 2.27. The molecule has 2 heterocycles. The van der Waals surface area contributed by atoms with Gasteiger partial charge in [-0.15, -0.1) is 0 Å². The fourth-order valence-electron chi connectivity index (χ4n) is 2.14. The average Bonchev–Trinajstić information content (AvgIpc) is 2.48. The maximum absolute atomic E-state index is 12.2. The van der Waals surface area contributed by atoms with Crippen LogP contribution in [0, 0.1) is 0 Å². The molecule has 0 saturated carbocycles. The van der Waals surface area contributed by atoms with E-state index in [2.05, 4.69) is 9.97 Å². The summed E-state index contributed by atoms with van der Waals surface area (Å²) in [5, 5.41) is 0. The highest BCUT2D eigenvalue weighted by atomic mass is 32.2. The van der Waals surface area contributed by atoms with Crippen molar-refractivity contribution in [2.75, 3.05) is 42.7 Å². The van der Waals surface area contributed by atoms with Crippen molar-refractivity contribution in [3.63, 3.8) is 0 Å². The summed E-state index contributed by atoms with van der Waals surface area (Å²) in [6, 6.07) is 1.83. The molecule has 1 aromatic heterocycles.